The zero-order valence-electron chi connectivity index (χ0n) is 18.5. The van der Waals surface area contributed by atoms with Crippen molar-refractivity contribution in [3.05, 3.63) is 59.1 Å². The summed E-state index contributed by atoms with van der Waals surface area (Å²) in [6.07, 6.45) is 1.91. The van der Waals surface area contributed by atoms with Crippen LogP contribution in [0.3, 0.4) is 0 Å². The van der Waals surface area contributed by atoms with Crippen molar-refractivity contribution >= 4 is 47.2 Å². The Morgan fingerprint density at radius 3 is 2.47 bits per heavy atom. The Bertz CT molecular complexity index is 912. The summed E-state index contributed by atoms with van der Waals surface area (Å²) in [7, 11) is 1.84. The number of nitrogens with one attached hydrogen (secondary N) is 1. The quantitative estimate of drug-likeness (QED) is 0.329. The number of benzene rings is 2. The number of hydrogen-bond acceptors (Lipinski definition) is 4. The number of aromatic hydroxyl groups is 1. The van der Waals surface area contributed by atoms with E-state index in [1.165, 1.54) is 5.56 Å². The maximum Gasteiger partial charge on any atom is 0.193 e. The number of piperazine rings is 1. The molecule has 2 N–H and O–H groups in total. The lowest BCUT2D eigenvalue weighted by Gasteiger charge is -2.41. The summed E-state index contributed by atoms with van der Waals surface area (Å²) < 4.78 is 5.66. The van der Waals surface area contributed by atoms with Gasteiger partial charge in [-0.25, -0.2) is 0 Å². The molecule has 0 unspecified atom stereocenters. The molecule has 0 bridgehead atoms. The monoisotopic (exact) mass is 570 g/mol. The predicted molar refractivity (Wildman–Crippen MR) is 142 cm³/mol. The van der Waals surface area contributed by atoms with E-state index in [0.29, 0.717) is 5.75 Å². The van der Waals surface area contributed by atoms with Gasteiger partial charge in [0.15, 0.2) is 5.96 Å². The van der Waals surface area contributed by atoms with Crippen molar-refractivity contribution < 1.29 is 9.84 Å². The molecule has 6 nitrogen and oxygen atoms in total. The van der Waals surface area contributed by atoms with Crippen LogP contribution in [-0.4, -0.2) is 69.0 Å². The minimum Gasteiger partial charge on any atom is -0.506 e. The highest BCUT2D eigenvalue weighted by atomic mass is 127. The van der Waals surface area contributed by atoms with E-state index in [0.717, 1.165) is 75.4 Å². The van der Waals surface area contributed by atoms with E-state index in [1.54, 1.807) is 6.07 Å². The first kappa shape index (κ1) is 24.9. The number of para-hydroxylation sites is 2. The zero-order chi connectivity index (χ0) is 21.7. The third-order valence-electron chi connectivity index (χ3n) is 6.49. The topological polar surface area (TPSA) is 60.3 Å². The van der Waals surface area contributed by atoms with Crippen LogP contribution < -0.4 is 10.2 Å². The fraction of sp³-hybridized carbons (Fsp3) is 0.458. The number of nitrogens with zero attached hydrogens (tertiary/aromatic N) is 3. The third kappa shape index (κ3) is 5.61. The van der Waals surface area contributed by atoms with Crippen molar-refractivity contribution in [3.8, 4) is 5.75 Å². The molecule has 0 aromatic heterocycles. The third-order valence-corrected chi connectivity index (χ3v) is 6.72. The Hall–Kier alpha value is -1.71. The maximum absolute atomic E-state index is 10.2. The van der Waals surface area contributed by atoms with Gasteiger partial charge in [-0.3, -0.25) is 4.99 Å². The molecule has 174 valence electrons. The Labute approximate surface area is 212 Å². The second-order valence-electron chi connectivity index (χ2n) is 8.27. The molecule has 32 heavy (non-hydrogen) atoms. The molecule has 0 amide bonds. The van der Waals surface area contributed by atoms with Crippen molar-refractivity contribution in [2.75, 3.05) is 57.9 Å². The van der Waals surface area contributed by atoms with Gasteiger partial charge >= 0.3 is 0 Å². The van der Waals surface area contributed by atoms with Crippen molar-refractivity contribution in [1.82, 2.24) is 10.2 Å². The van der Waals surface area contributed by atoms with E-state index >= 15 is 0 Å². The molecule has 2 aliphatic heterocycles. The first-order valence-corrected chi connectivity index (χ1v) is 11.3. The van der Waals surface area contributed by atoms with Crippen LogP contribution in [0, 0.1) is 0 Å². The lowest BCUT2D eigenvalue weighted by molar-refractivity contribution is 0.0511. The molecule has 0 aliphatic carbocycles. The number of phenols is 1. The van der Waals surface area contributed by atoms with Gasteiger partial charge in [0.1, 0.15) is 5.75 Å². The van der Waals surface area contributed by atoms with Gasteiger partial charge in [-0.2, -0.15) is 0 Å². The number of hydrogen-bond donors (Lipinski definition) is 2. The average molecular weight is 571 g/mol. The number of phenolic OH excluding ortho intramolecular Hbond substituents is 1. The number of ether oxygens (including phenoxy) is 1. The summed E-state index contributed by atoms with van der Waals surface area (Å²) in [5.74, 6) is 1.26. The standard InChI is InChI=1S/C24H31ClN4O2.HI/c1-26-23(29-13-11-28(12-14-29)21-7-2-3-8-22(21)30)27-18-24(9-15-31-16-10-24)19-5-4-6-20(25)17-19;/h2-8,17,30H,9-16,18H2,1H3,(H,26,27);1H. The normalized spacial score (nSPS) is 18.8. The van der Waals surface area contributed by atoms with Gasteiger partial charge in [0.2, 0.25) is 0 Å². The van der Waals surface area contributed by atoms with Crippen LogP contribution in [0.25, 0.3) is 0 Å². The van der Waals surface area contributed by atoms with E-state index in [9.17, 15) is 5.11 Å². The first-order chi connectivity index (χ1) is 15.1. The molecular formula is C24H32ClIN4O2. The van der Waals surface area contributed by atoms with Crippen LogP contribution in [0.2, 0.25) is 5.02 Å². The molecule has 0 atom stereocenters. The molecule has 2 aromatic rings. The molecule has 0 radical (unpaired) electrons. The predicted octanol–water partition coefficient (Wildman–Crippen LogP) is 4.11. The van der Waals surface area contributed by atoms with Gasteiger partial charge in [-0.05, 0) is 42.7 Å². The van der Waals surface area contributed by atoms with Gasteiger partial charge in [0.25, 0.3) is 0 Å². The number of rotatable bonds is 4. The highest BCUT2D eigenvalue weighted by Gasteiger charge is 2.35. The second-order valence-corrected chi connectivity index (χ2v) is 8.70. The minimum absolute atomic E-state index is 0. The van der Waals surface area contributed by atoms with Gasteiger partial charge in [0.05, 0.1) is 5.69 Å². The summed E-state index contributed by atoms with van der Waals surface area (Å²) in [6, 6.07) is 15.7. The zero-order valence-corrected chi connectivity index (χ0v) is 21.6. The highest BCUT2D eigenvalue weighted by Crippen LogP contribution is 2.35. The van der Waals surface area contributed by atoms with E-state index in [2.05, 4.69) is 32.2 Å². The number of guanidine groups is 1. The van der Waals surface area contributed by atoms with Gasteiger partial charge in [-0.15, -0.1) is 24.0 Å². The summed E-state index contributed by atoms with van der Waals surface area (Å²) in [5, 5.41) is 14.6. The Balaban J connectivity index is 0.00000289. The smallest absolute Gasteiger partial charge is 0.193 e. The molecule has 2 fully saturated rings. The van der Waals surface area contributed by atoms with Crippen LogP contribution in [-0.2, 0) is 10.2 Å². The first-order valence-electron chi connectivity index (χ1n) is 10.9. The second kappa shape index (κ2) is 11.4. The lowest BCUT2D eigenvalue weighted by atomic mass is 9.74. The molecule has 8 heteroatoms. The fourth-order valence-electron chi connectivity index (χ4n) is 4.62. The van der Waals surface area contributed by atoms with Crippen LogP contribution in [0.4, 0.5) is 5.69 Å². The SMILES string of the molecule is CN=C(NCC1(c2cccc(Cl)c2)CCOCC1)N1CCN(c2ccccc2O)CC1.I. The molecule has 2 heterocycles. The molecular weight excluding hydrogens is 539 g/mol. The summed E-state index contributed by atoms with van der Waals surface area (Å²) >= 11 is 6.31. The van der Waals surface area contributed by atoms with E-state index in [4.69, 9.17) is 16.3 Å². The Morgan fingerprint density at radius 2 is 1.81 bits per heavy atom. The molecule has 2 saturated heterocycles. The van der Waals surface area contributed by atoms with Gasteiger partial charge < -0.3 is 25.0 Å². The maximum atomic E-state index is 10.2. The van der Waals surface area contributed by atoms with E-state index < -0.39 is 0 Å². The van der Waals surface area contributed by atoms with Gasteiger partial charge in [-0.1, -0.05) is 35.9 Å². The Kier molecular flexibility index (Phi) is 8.90. The van der Waals surface area contributed by atoms with Crippen molar-refractivity contribution in [2.45, 2.75) is 18.3 Å². The summed E-state index contributed by atoms with van der Waals surface area (Å²) in [4.78, 5) is 9.08. The van der Waals surface area contributed by atoms with E-state index in [1.807, 2.05) is 37.4 Å². The van der Waals surface area contributed by atoms with E-state index in [-0.39, 0.29) is 29.4 Å². The van der Waals surface area contributed by atoms with Crippen LogP contribution in [0.5, 0.6) is 5.75 Å². The fourth-order valence-corrected chi connectivity index (χ4v) is 4.81. The highest BCUT2D eigenvalue weighted by molar-refractivity contribution is 14.0. The number of halogens is 2. The van der Waals surface area contributed by atoms with Gasteiger partial charge in [0, 0.05) is 63.4 Å². The molecule has 4 rings (SSSR count). The van der Waals surface area contributed by atoms with Crippen LogP contribution >= 0.6 is 35.6 Å². The molecule has 2 aromatic carbocycles. The van der Waals surface area contributed by atoms with Crippen molar-refractivity contribution in [3.63, 3.8) is 0 Å². The van der Waals surface area contributed by atoms with Crippen LogP contribution in [0.1, 0.15) is 18.4 Å². The summed E-state index contributed by atoms with van der Waals surface area (Å²) in [5.41, 5.74) is 2.14. The Morgan fingerprint density at radius 1 is 1.09 bits per heavy atom. The lowest BCUT2D eigenvalue weighted by Crippen LogP contribution is -2.55. The summed E-state index contributed by atoms with van der Waals surface area (Å²) in [6.45, 7) is 5.68. The number of aliphatic imine (C=N–C) groups is 1. The molecule has 2 aliphatic rings. The largest absolute Gasteiger partial charge is 0.506 e. The molecule has 0 saturated carbocycles. The average Bonchev–Trinajstić information content (AvgIpc) is 2.81. The van der Waals surface area contributed by atoms with Crippen molar-refractivity contribution in [1.29, 1.82) is 0 Å². The van der Waals surface area contributed by atoms with Crippen LogP contribution in [0.15, 0.2) is 53.5 Å². The molecule has 0 spiro atoms. The van der Waals surface area contributed by atoms with Crippen molar-refractivity contribution in [2.24, 2.45) is 4.99 Å². The minimum atomic E-state index is -0.0171. The number of anilines is 1.